The molecule has 0 aromatic heterocycles. The molecule has 150 valence electrons. The van der Waals surface area contributed by atoms with E-state index in [-0.39, 0.29) is 23.1 Å². The van der Waals surface area contributed by atoms with Gasteiger partial charge in [0.15, 0.2) is 11.5 Å². The summed E-state index contributed by atoms with van der Waals surface area (Å²) in [6.45, 7) is 1.45. The van der Waals surface area contributed by atoms with Gasteiger partial charge >= 0.3 is 12.3 Å². The fourth-order valence-corrected chi connectivity index (χ4v) is 4.01. The molecular formula is C18H19F2N3O5. The topological polar surface area (TPSA) is 97.0 Å². The third kappa shape index (κ3) is 3.02. The van der Waals surface area contributed by atoms with Crippen molar-refractivity contribution >= 4 is 23.5 Å². The van der Waals surface area contributed by atoms with Crippen LogP contribution in [-0.2, 0) is 9.59 Å². The molecule has 8 nitrogen and oxygen atoms in total. The van der Waals surface area contributed by atoms with Gasteiger partial charge in [-0.15, -0.1) is 8.78 Å². The molecule has 2 fully saturated rings. The number of ether oxygens (including phenoxy) is 2. The molecule has 1 aromatic rings. The molecule has 1 aromatic carbocycles. The summed E-state index contributed by atoms with van der Waals surface area (Å²) in [7, 11) is 0. The fourth-order valence-electron chi connectivity index (χ4n) is 4.01. The summed E-state index contributed by atoms with van der Waals surface area (Å²) < 4.78 is 34.8. The lowest BCUT2D eigenvalue weighted by Crippen LogP contribution is -2.54. The van der Waals surface area contributed by atoms with Gasteiger partial charge in [0.1, 0.15) is 12.1 Å². The Hall–Kier alpha value is -2.91. The summed E-state index contributed by atoms with van der Waals surface area (Å²) in [4.78, 5) is 38.4. The Balaban J connectivity index is 1.43. The molecule has 2 aliphatic heterocycles. The Morgan fingerprint density at radius 1 is 1.29 bits per heavy atom. The second kappa shape index (κ2) is 6.32. The fraction of sp³-hybridized carbons (Fsp3) is 0.500. The first kappa shape index (κ1) is 18.5. The van der Waals surface area contributed by atoms with E-state index in [9.17, 15) is 23.2 Å². The highest BCUT2D eigenvalue weighted by atomic mass is 19.3. The van der Waals surface area contributed by atoms with E-state index in [0.717, 1.165) is 24.2 Å². The van der Waals surface area contributed by atoms with Gasteiger partial charge in [-0.2, -0.15) is 0 Å². The van der Waals surface area contributed by atoms with E-state index in [0.29, 0.717) is 6.42 Å². The second-order valence-corrected chi connectivity index (χ2v) is 7.32. The third-order valence-electron chi connectivity index (χ3n) is 5.49. The first-order chi connectivity index (χ1) is 13.2. The quantitative estimate of drug-likeness (QED) is 0.767. The number of urea groups is 1. The minimum atomic E-state index is -3.75. The van der Waals surface area contributed by atoms with Crippen molar-refractivity contribution < 1.29 is 32.6 Å². The number of carbonyl (C=O) groups is 3. The Labute approximate surface area is 159 Å². The Kier molecular flexibility index (Phi) is 4.16. The van der Waals surface area contributed by atoms with Crippen LogP contribution in [0.1, 0.15) is 32.6 Å². The minimum absolute atomic E-state index is 0.0127. The standard InChI is InChI=1S/C18H19F2N3O5/c1-10-4-2-3-7-17(10)15(25)23(16(26)22-17)9-14(24)21-11-5-6-12-13(8-11)28-18(19,20)27-12/h5-6,8,10H,2-4,7,9H2,1H3,(H,21,24)(H,22,26)/t10-,17-/m0/s1. The molecule has 4 rings (SSSR count). The number of hydrogen-bond donors (Lipinski definition) is 2. The number of imide groups is 1. The molecule has 2 N–H and O–H groups in total. The van der Waals surface area contributed by atoms with E-state index in [4.69, 9.17) is 0 Å². The van der Waals surface area contributed by atoms with Crippen LogP contribution in [0.2, 0.25) is 0 Å². The number of anilines is 1. The summed E-state index contributed by atoms with van der Waals surface area (Å²) in [6, 6.07) is 3.18. The normalized spacial score (nSPS) is 27.8. The number of nitrogens with one attached hydrogen (secondary N) is 2. The Bertz CT molecular complexity index is 862. The molecule has 1 spiro atoms. The van der Waals surface area contributed by atoms with Gasteiger partial charge in [0.2, 0.25) is 5.91 Å². The van der Waals surface area contributed by atoms with E-state index < -0.39 is 36.2 Å². The van der Waals surface area contributed by atoms with Crippen molar-refractivity contribution in [1.82, 2.24) is 10.2 Å². The van der Waals surface area contributed by atoms with Gasteiger partial charge in [0, 0.05) is 11.8 Å². The number of hydrogen-bond acceptors (Lipinski definition) is 5. The predicted octanol–water partition coefficient (Wildman–Crippen LogP) is 2.45. The minimum Gasteiger partial charge on any atom is -0.395 e. The van der Waals surface area contributed by atoms with Crippen molar-refractivity contribution in [3.63, 3.8) is 0 Å². The lowest BCUT2D eigenvalue weighted by Gasteiger charge is -2.36. The van der Waals surface area contributed by atoms with Crippen LogP contribution in [0.25, 0.3) is 0 Å². The van der Waals surface area contributed by atoms with Gasteiger partial charge in [-0.05, 0) is 30.9 Å². The zero-order chi connectivity index (χ0) is 20.1. The van der Waals surface area contributed by atoms with E-state index in [1.807, 2.05) is 6.92 Å². The number of carbonyl (C=O) groups excluding carboxylic acids is 3. The predicted molar refractivity (Wildman–Crippen MR) is 91.9 cm³/mol. The average molecular weight is 395 g/mol. The van der Waals surface area contributed by atoms with Gasteiger partial charge in [-0.25, -0.2) is 4.79 Å². The van der Waals surface area contributed by atoms with Crippen molar-refractivity contribution in [2.45, 2.75) is 44.4 Å². The number of nitrogens with zero attached hydrogens (tertiary/aromatic N) is 1. The first-order valence-corrected chi connectivity index (χ1v) is 9.04. The molecule has 10 heteroatoms. The van der Waals surface area contributed by atoms with Gasteiger partial charge in [0.25, 0.3) is 5.91 Å². The number of fused-ring (bicyclic) bond motifs is 1. The zero-order valence-corrected chi connectivity index (χ0v) is 15.1. The van der Waals surface area contributed by atoms with Crippen LogP contribution in [0, 0.1) is 5.92 Å². The molecule has 4 amide bonds. The molecule has 2 atom stereocenters. The van der Waals surface area contributed by atoms with Crippen molar-refractivity contribution in [1.29, 1.82) is 0 Å². The molecule has 1 saturated heterocycles. The average Bonchev–Trinajstić information content (AvgIpc) is 3.05. The summed E-state index contributed by atoms with van der Waals surface area (Å²) in [6.07, 6.45) is -0.551. The smallest absolute Gasteiger partial charge is 0.395 e. The monoisotopic (exact) mass is 395 g/mol. The first-order valence-electron chi connectivity index (χ1n) is 9.04. The van der Waals surface area contributed by atoms with Gasteiger partial charge in [-0.3, -0.25) is 14.5 Å². The summed E-state index contributed by atoms with van der Waals surface area (Å²) in [5.74, 6) is -1.40. The maximum Gasteiger partial charge on any atom is 0.586 e. The summed E-state index contributed by atoms with van der Waals surface area (Å²) in [5, 5.41) is 5.24. The molecule has 0 bridgehead atoms. The van der Waals surface area contributed by atoms with Crippen LogP contribution in [0.3, 0.4) is 0 Å². The molecule has 2 heterocycles. The van der Waals surface area contributed by atoms with Crippen molar-refractivity contribution in [2.24, 2.45) is 5.92 Å². The third-order valence-corrected chi connectivity index (χ3v) is 5.49. The van der Waals surface area contributed by atoms with Gasteiger partial charge in [-0.1, -0.05) is 19.8 Å². The Morgan fingerprint density at radius 2 is 2.04 bits per heavy atom. The van der Waals surface area contributed by atoms with Crippen LogP contribution in [-0.4, -0.2) is 41.1 Å². The largest absolute Gasteiger partial charge is 0.586 e. The van der Waals surface area contributed by atoms with Crippen molar-refractivity contribution in [3.05, 3.63) is 18.2 Å². The van der Waals surface area contributed by atoms with Crippen LogP contribution >= 0.6 is 0 Å². The highest BCUT2D eigenvalue weighted by Crippen LogP contribution is 2.42. The second-order valence-electron chi connectivity index (χ2n) is 7.32. The molecule has 0 radical (unpaired) electrons. The van der Waals surface area contributed by atoms with E-state index in [1.165, 1.54) is 18.2 Å². The highest BCUT2D eigenvalue weighted by molar-refractivity contribution is 6.10. The summed E-state index contributed by atoms with van der Waals surface area (Å²) in [5.41, 5.74) is -0.766. The maximum absolute atomic E-state index is 13.1. The Morgan fingerprint density at radius 3 is 2.79 bits per heavy atom. The van der Waals surface area contributed by atoms with Crippen LogP contribution in [0.5, 0.6) is 11.5 Å². The van der Waals surface area contributed by atoms with Crippen LogP contribution < -0.4 is 20.1 Å². The van der Waals surface area contributed by atoms with E-state index in [1.54, 1.807) is 0 Å². The zero-order valence-electron chi connectivity index (χ0n) is 15.1. The van der Waals surface area contributed by atoms with Gasteiger partial charge in [0.05, 0.1) is 0 Å². The number of alkyl halides is 2. The SMILES string of the molecule is C[C@H]1CCCC[C@]12NC(=O)N(CC(=O)Nc1ccc3c(c1)OC(F)(F)O3)C2=O. The molecule has 1 aliphatic carbocycles. The molecule has 1 saturated carbocycles. The summed E-state index contributed by atoms with van der Waals surface area (Å²) >= 11 is 0. The maximum atomic E-state index is 13.1. The number of amides is 4. The highest BCUT2D eigenvalue weighted by Gasteiger charge is 2.55. The molecular weight excluding hydrogens is 376 g/mol. The number of benzene rings is 1. The van der Waals surface area contributed by atoms with Crippen molar-refractivity contribution in [2.75, 3.05) is 11.9 Å². The van der Waals surface area contributed by atoms with Crippen LogP contribution in [0.15, 0.2) is 18.2 Å². The number of rotatable bonds is 3. The van der Waals surface area contributed by atoms with E-state index in [2.05, 4.69) is 20.1 Å². The lowest BCUT2D eigenvalue weighted by atomic mass is 9.73. The molecule has 0 unspecified atom stereocenters. The molecule has 3 aliphatic rings. The van der Waals surface area contributed by atoms with Crippen molar-refractivity contribution in [3.8, 4) is 11.5 Å². The van der Waals surface area contributed by atoms with E-state index >= 15 is 0 Å². The van der Waals surface area contributed by atoms with Gasteiger partial charge < -0.3 is 20.1 Å². The lowest BCUT2D eigenvalue weighted by molar-refractivity contribution is -0.286. The molecule has 28 heavy (non-hydrogen) atoms. The van der Waals surface area contributed by atoms with Crippen LogP contribution in [0.4, 0.5) is 19.3 Å². The number of halogens is 2.